The van der Waals surface area contributed by atoms with E-state index in [0.717, 1.165) is 33.4 Å². The van der Waals surface area contributed by atoms with E-state index in [2.05, 4.69) is 12.1 Å². The molecule has 3 atom stereocenters. The number of aliphatic hydroxyl groups is 1. The van der Waals surface area contributed by atoms with Crippen LogP contribution in [0.25, 0.3) is 17.7 Å². The zero-order chi connectivity index (χ0) is 24.3. The first-order valence-electron chi connectivity index (χ1n) is 11.9. The third-order valence-corrected chi connectivity index (χ3v) is 7.00. The first-order valence-corrected chi connectivity index (χ1v) is 11.9. The molecular weight excluding hydrogens is 432 g/mol. The van der Waals surface area contributed by atoms with Gasteiger partial charge in [-0.15, -0.1) is 0 Å². The SMILES string of the molecule is COC(=O)[C@@]12C=C(/C=C/c3ccccc3)[C@@H](O)C[C@@H]1c1ccccc1/C2=C\C=C\c1ccccc1. The number of hydrogen-bond acceptors (Lipinski definition) is 3. The molecule has 1 N–H and O–H groups in total. The molecule has 0 amide bonds. The van der Waals surface area contributed by atoms with Gasteiger partial charge in [-0.25, -0.2) is 0 Å². The van der Waals surface area contributed by atoms with Crippen molar-refractivity contribution < 1.29 is 14.6 Å². The van der Waals surface area contributed by atoms with Crippen LogP contribution in [-0.2, 0) is 9.53 Å². The van der Waals surface area contributed by atoms with E-state index in [-0.39, 0.29) is 11.9 Å². The summed E-state index contributed by atoms with van der Waals surface area (Å²) in [6.45, 7) is 0. The smallest absolute Gasteiger partial charge is 0.320 e. The largest absolute Gasteiger partial charge is 0.468 e. The Hall–Kier alpha value is -3.95. The van der Waals surface area contributed by atoms with Crippen LogP contribution in [-0.4, -0.2) is 24.3 Å². The molecule has 174 valence electrons. The maximum absolute atomic E-state index is 13.6. The number of carbonyl (C=O) groups excluding carboxylic acids is 1. The molecule has 0 saturated carbocycles. The number of methoxy groups -OCH3 is 1. The number of benzene rings is 3. The summed E-state index contributed by atoms with van der Waals surface area (Å²) in [4.78, 5) is 13.6. The Morgan fingerprint density at radius 2 is 1.51 bits per heavy atom. The maximum atomic E-state index is 13.6. The van der Waals surface area contributed by atoms with Crippen molar-refractivity contribution in [1.82, 2.24) is 0 Å². The summed E-state index contributed by atoms with van der Waals surface area (Å²) in [5.41, 5.74) is 4.83. The highest BCUT2D eigenvalue weighted by atomic mass is 16.5. The number of esters is 1. The van der Waals surface area contributed by atoms with Gasteiger partial charge in [-0.3, -0.25) is 4.79 Å². The molecule has 2 aliphatic carbocycles. The summed E-state index contributed by atoms with van der Waals surface area (Å²) in [7, 11) is 1.44. The lowest BCUT2D eigenvalue weighted by Crippen LogP contribution is -2.39. The standard InChI is InChI=1S/C32H28O3/c1-35-31(34)32-22-25(20-19-24-13-6-3-7-14-24)30(33)21-29(32)27-17-9-8-16-26(27)28(32)18-10-15-23-11-4-2-5-12-23/h2-20,22,29-30,33H,21H2,1H3/b15-10+,20-19+,28-18+/t29-,30+,32-/m1/s1. The highest BCUT2D eigenvalue weighted by Crippen LogP contribution is 2.61. The minimum absolute atomic E-state index is 0.202. The van der Waals surface area contributed by atoms with Crippen molar-refractivity contribution in [3.63, 3.8) is 0 Å². The van der Waals surface area contributed by atoms with Crippen LogP contribution in [0.5, 0.6) is 0 Å². The van der Waals surface area contributed by atoms with Crippen molar-refractivity contribution in [2.75, 3.05) is 7.11 Å². The van der Waals surface area contributed by atoms with Crippen LogP contribution in [0.3, 0.4) is 0 Å². The molecule has 0 fully saturated rings. The van der Waals surface area contributed by atoms with Crippen LogP contribution in [0.4, 0.5) is 0 Å². The molecule has 3 nitrogen and oxygen atoms in total. The van der Waals surface area contributed by atoms with Gasteiger partial charge < -0.3 is 9.84 Å². The Morgan fingerprint density at radius 3 is 2.20 bits per heavy atom. The lowest BCUT2D eigenvalue weighted by molar-refractivity contribution is -0.148. The van der Waals surface area contributed by atoms with E-state index >= 15 is 0 Å². The summed E-state index contributed by atoms with van der Waals surface area (Å²) in [6, 6.07) is 28.1. The predicted octanol–water partition coefficient (Wildman–Crippen LogP) is 6.44. The zero-order valence-electron chi connectivity index (χ0n) is 19.7. The van der Waals surface area contributed by atoms with E-state index in [1.807, 2.05) is 109 Å². The summed E-state index contributed by atoms with van der Waals surface area (Å²) in [5, 5.41) is 11.1. The monoisotopic (exact) mass is 460 g/mol. The Morgan fingerprint density at radius 1 is 0.886 bits per heavy atom. The van der Waals surface area contributed by atoms with Gasteiger partial charge in [0.05, 0.1) is 13.2 Å². The number of aliphatic hydroxyl groups excluding tert-OH is 1. The average molecular weight is 461 g/mol. The molecule has 0 aliphatic heterocycles. The molecule has 0 unspecified atom stereocenters. The molecule has 5 rings (SSSR count). The lowest BCUT2D eigenvalue weighted by Gasteiger charge is -2.38. The zero-order valence-corrected chi connectivity index (χ0v) is 19.7. The Kier molecular flexibility index (Phi) is 6.35. The van der Waals surface area contributed by atoms with E-state index in [4.69, 9.17) is 4.74 Å². The molecule has 35 heavy (non-hydrogen) atoms. The van der Waals surface area contributed by atoms with E-state index in [9.17, 15) is 9.90 Å². The fraction of sp³-hybridized carbons (Fsp3) is 0.156. The van der Waals surface area contributed by atoms with Crippen LogP contribution in [0.15, 0.2) is 115 Å². The van der Waals surface area contributed by atoms with Gasteiger partial charge in [-0.2, -0.15) is 0 Å². The molecule has 3 heteroatoms. The van der Waals surface area contributed by atoms with Gasteiger partial charge in [-0.05, 0) is 39.8 Å². The van der Waals surface area contributed by atoms with Crippen molar-refractivity contribution in [2.45, 2.75) is 18.4 Å². The van der Waals surface area contributed by atoms with Gasteiger partial charge in [-0.1, -0.05) is 121 Å². The Labute approximate surface area is 206 Å². The second kappa shape index (κ2) is 9.73. The first-order chi connectivity index (χ1) is 17.1. The molecule has 0 saturated heterocycles. The number of carbonyl (C=O) groups is 1. The summed E-state index contributed by atoms with van der Waals surface area (Å²) in [5.74, 6) is -0.512. The van der Waals surface area contributed by atoms with E-state index in [1.54, 1.807) is 0 Å². The lowest BCUT2D eigenvalue weighted by atomic mass is 9.66. The van der Waals surface area contributed by atoms with Crippen molar-refractivity contribution in [3.8, 4) is 0 Å². The van der Waals surface area contributed by atoms with Crippen molar-refractivity contribution in [3.05, 3.63) is 137 Å². The maximum Gasteiger partial charge on any atom is 0.320 e. The number of hydrogen-bond donors (Lipinski definition) is 1. The highest BCUT2D eigenvalue weighted by molar-refractivity contribution is 6.01. The van der Waals surface area contributed by atoms with Crippen molar-refractivity contribution in [1.29, 1.82) is 0 Å². The van der Waals surface area contributed by atoms with Crippen molar-refractivity contribution in [2.24, 2.45) is 5.41 Å². The summed E-state index contributed by atoms with van der Waals surface area (Å²) >= 11 is 0. The third kappa shape index (κ3) is 4.20. The number of ether oxygens (including phenoxy) is 1. The molecule has 0 aromatic heterocycles. The fourth-order valence-electron chi connectivity index (χ4n) is 5.35. The molecule has 0 bridgehead atoms. The Balaban J connectivity index is 1.65. The summed E-state index contributed by atoms with van der Waals surface area (Å²) in [6.07, 6.45) is 11.6. The quantitative estimate of drug-likeness (QED) is 0.446. The van der Waals surface area contributed by atoms with Crippen LogP contribution in [0, 0.1) is 5.41 Å². The molecule has 3 aromatic rings. The fourth-order valence-corrected chi connectivity index (χ4v) is 5.35. The van der Waals surface area contributed by atoms with Gasteiger partial charge in [0, 0.05) is 5.92 Å². The molecular formula is C32H28O3. The normalized spacial score (nSPS) is 24.4. The molecule has 3 aromatic carbocycles. The third-order valence-electron chi connectivity index (χ3n) is 7.00. The molecule has 2 aliphatic rings. The molecule has 0 radical (unpaired) electrons. The van der Waals surface area contributed by atoms with Gasteiger partial charge in [0.1, 0.15) is 5.41 Å². The van der Waals surface area contributed by atoms with E-state index < -0.39 is 11.5 Å². The van der Waals surface area contributed by atoms with E-state index in [1.165, 1.54) is 7.11 Å². The van der Waals surface area contributed by atoms with E-state index in [0.29, 0.717) is 6.42 Å². The second-order valence-corrected chi connectivity index (χ2v) is 8.99. The van der Waals surface area contributed by atoms with Gasteiger partial charge in [0.25, 0.3) is 0 Å². The minimum Gasteiger partial charge on any atom is -0.468 e. The Bertz CT molecular complexity index is 1330. The van der Waals surface area contributed by atoms with Crippen LogP contribution < -0.4 is 0 Å². The first kappa shape index (κ1) is 22.8. The molecule has 0 heterocycles. The van der Waals surface area contributed by atoms with Crippen LogP contribution in [0.1, 0.15) is 34.6 Å². The second-order valence-electron chi connectivity index (χ2n) is 8.99. The van der Waals surface area contributed by atoms with Gasteiger partial charge in [0.15, 0.2) is 0 Å². The minimum atomic E-state index is -1.00. The summed E-state index contributed by atoms with van der Waals surface area (Å²) < 4.78 is 5.41. The average Bonchev–Trinajstić information content (AvgIpc) is 3.18. The van der Waals surface area contributed by atoms with Gasteiger partial charge >= 0.3 is 5.97 Å². The van der Waals surface area contributed by atoms with Crippen LogP contribution in [0.2, 0.25) is 0 Å². The van der Waals surface area contributed by atoms with Crippen molar-refractivity contribution >= 4 is 23.7 Å². The molecule has 0 spiro atoms. The van der Waals surface area contributed by atoms with Gasteiger partial charge in [0.2, 0.25) is 0 Å². The number of rotatable bonds is 5. The number of allylic oxidation sites excluding steroid dienone is 2. The predicted molar refractivity (Wildman–Crippen MR) is 141 cm³/mol. The number of fused-ring (bicyclic) bond motifs is 3. The highest BCUT2D eigenvalue weighted by Gasteiger charge is 2.57. The topological polar surface area (TPSA) is 46.5 Å². The van der Waals surface area contributed by atoms with Crippen LogP contribution >= 0.6 is 0 Å².